The van der Waals surface area contributed by atoms with E-state index in [2.05, 4.69) is 20.4 Å². The third-order valence-electron chi connectivity index (χ3n) is 3.79. The maximum Gasteiger partial charge on any atom is 0.273 e. The first-order chi connectivity index (χ1) is 9.75. The van der Waals surface area contributed by atoms with Gasteiger partial charge in [-0.25, -0.2) is 4.98 Å². The van der Waals surface area contributed by atoms with E-state index in [1.165, 1.54) is 19.3 Å². The molecule has 106 valence electrons. The zero-order valence-electron chi connectivity index (χ0n) is 11.5. The van der Waals surface area contributed by atoms with Crippen molar-refractivity contribution >= 4 is 5.91 Å². The number of carbonyl (C=O) groups excluding carboxylic acids is 1. The number of imidazole rings is 1. The Labute approximate surface area is 117 Å². The number of hydrogen-bond acceptors (Lipinski definition) is 4. The number of aromatic nitrogens is 3. The Bertz CT molecular complexity index is 582. The number of amides is 1. The molecule has 0 aliphatic heterocycles. The molecule has 6 heteroatoms. The Morgan fingerprint density at radius 3 is 2.90 bits per heavy atom. The highest BCUT2D eigenvalue weighted by Gasteiger charge is 2.23. The zero-order chi connectivity index (χ0) is 13.9. The topological polar surface area (TPSA) is 83.8 Å². The number of rotatable bonds is 3. The smallest absolute Gasteiger partial charge is 0.273 e. The predicted octanol–water partition coefficient (Wildman–Crippen LogP) is 2.44. The van der Waals surface area contributed by atoms with Crippen LogP contribution in [0, 0.1) is 6.92 Å². The molecule has 3 rings (SSSR count). The number of H-pyrrole nitrogens is 1. The maximum absolute atomic E-state index is 12.3. The highest BCUT2D eigenvalue weighted by Crippen LogP contribution is 2.23. The molecule has 0 bridgehead atoms. The molecule has 1 aliphatic carbocycles. The lowest BCUT2D eigenvalue weighted by atomic mass is 9.95. The summed E-state index contributed by atoms with van der Waals surface area (Å²) in [6, 6.07) is 0.263. The van der Waals surface area contributed by atoms with E-state index in [-0.39, 0.29) is 11.9 Å². The van der Waals surface area contributed by atoms with E-state index < -0.39 is 0 Å². The molecular weight excluding hydrogens is 256 g/mol. The third kappa shape index (κ3) is 2.45. The van der Waals surface area contributed by atoms with E-state index in [0.29, 0.717) is 22.8 Å². The summed E-state index contributed by atoms with van der Waals surface area (Å²) in [5, 5.41) is 6.93. The first kappa shape index (κ1) is 12.9. The number of carbonyl (C=O) groups is 1. The number of nitrogens with zero attached hydrogens (tertiary/aromatic N) is 2. The fourth-order valence-electron chi connectivity index (χ4n) is 2.66. The van der Waals surface area contributed by atoms with E-state index in [1.807, 2.05) is 6.92 Å². The van der Waals surface area contributed by atoms with Crippen molar-refractivity contribution in [1.82, 2.24) is 20.4 Å². The normalized spacial score (nSPS) is 16.2. The van der Waals surface area contributed by atoms with Crippen LogP contribution < -0.4 is 5.32 Å². The van der Waals surface area contributed by atoms with Crippen LogP contribution in [-0.2, 0) is 0 Å². The standard InChI is InChI=1S/C14H18N4O2/c1-9-11(14(19)17-10-5-3-2-4-6-10)18-20-12(9)13-15-7-8-16-13/h7-8,10H,2-6H2,1H3,(H,15,16)(H,17,19). The van der Waals surface area contributed by atoms with Crippen LogP contribution in [0.2, 0.25) is 0 Å². The lowest BCUT2D eigenvalue weighted by Gasteiger charge is -2.22. The van der Waals surface area contributed by atoms with Gasteiger partial charge in [0.25, 0.3) is 5.91 Å². The number of hydrogen-bond donors (Lipinski definition) is 2. The van der Waals surface area contributed by atoms with Crippen molar-refractivity contribution < 1.29 is 9.32 Å². The molecule has 20 heavy (non-hydrogen) atoms. The van der Waals surface area contributed by atoms with Crippen molar-refractivity contribution in [2.24, 2.45) is 0 Å². The van der Waals surface area contributed by atoms with Crippen LogP contribution in [-0.4, -0.2) is 27.1 Å². The minimum atomic E-state index is -0.157. The Kier molecular flexibility index (Phi) is 3.54. The summed E-state index contributed by atoms with van der Waals surface area (Å²) in [6.45, 7) is 1.82. The average molecular weight is 274 g/mol. The van der Waals surface area contributed by atoms with Gasteiger partial charge in [-0.2, -0.15) is 0 Å². The summed E-state index contributed by atoms with van der Waals surface area (Å²) in [6.07, 6.45) is 9.07. The summed E-state index contributed by atoms with van der Waals surface area (Å²) in [5.74, 6) is 0.950. The Hall–Kier alpha value is -2.11. The van der Waals surface area contributed by atoms with E-state index in [0.717, 1.165) is 12.8 Å². The molecule has 0 atom stereocenters. The molecule has 2 N–H and O–H groups in total. The summed E-state index contributed by atoms with van der Waals surface area (Å²) < 4.78 is 5.25. The van der Waals surface area contributed by atoms with Crippen molar-refractivity contribution in [1.29, 1.82) is 0 Å². The second-order valence-electron chi connectivity index (χ2n) is 5.23. The zero-order valence-corrected chi connectivity index (χ0v) is 11.5. The summed E-state index contributed by atoms with van der Waals surface area (Å²) in [5.41, 5.74) is 1.07. The van der Waals surface area contributed by atoms with Gasteiger partial charge in [0.15, 0.2) is 11.5 Å². The van der Waals surface area contributed by atoms with Crippen molar-refractivity contribution in [3.05, 3.63) is 23.7 Å². The fourth-order valence-corrected chi connectivity index (χ4v) is 2.66. The van der Waals surface area contributed by atoms with E-state index in [9.17, 15) is 4.79 Å². The van der Waals surface area contributed by atoms with Gasteiger partial charge in [0.05, 0.1) is 0 Å². The van der Waals surface area contributed by atoms with Crippen LogP contribution in [0.3, 0.4) is 0 Å². The van der Waals surface area contributed by atoms with Gasteiger partial charge in [-0.15, -0.1) is 0 Å². The molecule has 2 aromatic heterocycles. The van der Waals surface area contributed by atoms with Gasteiger partial charge in [-0.3, -0.25) is 4.79 Å². The summed E-state index contributed by atoms with van der Waals surface area (Å²) in [7, 11) is 0. The number of aromatic amines is 1. The molecule has 0 spiro atoms. The van der Waals surface area contributed by atoms with Crippen molar-refractivity contribution in [2.75, 3.05) is 0 Å². The van der Waals surface area contributed by atoms with Crippen LogP contribution in [0.4, 0.5) is 0 Å². The molecule has 6 nitrogen and oxygen atoms in total. The Balaban J connectivity index is 1.75. The van der Waals surface area contributed by atoms with Gasteiger partial charge in [-0.05, 0) is 19.8 Å². The number of nitrogens with one attached hydrogen (secondary N) is 2. The highest BCUT2D eigenvalue weighted by molar-refractivity contribution is 5.94. The third-order valence-corrected chi connectivity index (χ3v) is 3.79. The maximum atomic E-state index is 12.3. The van der Waals surface area contributed by atoms with E-state index in [1.54, 1.807) is 12.4 Å². The minimum absolute atomic E-state index is 0.157. The molecule has 2 aromatic rings. The first-order valence-electron chi connectivity index (χ1n) is 7.02. The monoisotopic (exact) mass is 274 g/mol. The second kappa shape index (κ2) is 5.48. The Morgan fingerprint density at radius 1 is 1.40 bits per heavy atom. The van der Waals surface area contributed by atoms with Crippen LogP contribution in [0.5, 0.6) is 0 Å². The molecule has 0 saturated heterocycles. The molecule has 1 saturated carbocycles. The molecule has 0 radical (unpaired) electrons. The molecule has 0 aromatic carbocycles. The van der Waals surface area contributed by atoms with E-state index in [4.69, 9.17) is 4.52 Å². The SMILES string of the molecule is Cc1c(C(=O)NC2CCCCC2)noc1-c1ncc[nH]1. The molecule has 1 aliphatic rings. The lowest BCUT2D eigenvalue weighted by Crippen LogP contribution is -2.36. The van der Waals surface area contributed by atoms with Gasteiger partial charge in [0.1, 0.15) is 0 Å². The summed E-state index contributed by atoms with van der Waals surface area (Å²) in [4.78, 5) is 19.3. The average Bonchev–Trinajstić information content (AvgIpc) is 3.08. The van der Waals surface area contributed by atoms with Gasteiger partial charge >= 0.3 is 0 Å². The largest absolute Gasteiger partial charge is 0.352 e. The van der Waals surface area contributed by atoms with Crippen molar-refractivity contribution in [3.8, 4) is 11.6 Å². The molecule has 1 fully saturated rings. The lowest BCUT2D eigenvalue weighted by molar-refractivity contribution is 0.0918. The first-order valence-corrected chi connectivity index (χ1v) is 7.02. The minimum Gasteiger partial charge on any atom is -0.352 e. The quantitative estimate of drug-likeness (QED) is 0.900. The fraction of sp³-hybridized carbons (Fsp3) is 0.500. The molecule has 2 heterocycles. The summed E-state index contributed by atoms with van der Waals surface area (Å²) >= 11 is 0. The van der Waals surface area contributed by atoms with Crippen LogP contribution in [0.1, 0.15) is 48.2 Å². The van der Waals surface area contributed by atoms with Gasteiger partial charge in [0.2, 0.25) is 5.76 Å². The van der Waals surface area contributed by atoms with Crippen LogP contribution >= 0.6 is 0 Å². The Morgan fingerprint density at radius 2 is 2.20 bits per heavy atom. The molecule has 1 amide bonds. The highest BCUT2D eigenvalue weighted by atomic mass is 16.5. The van der Waals surface area contributed by atoms with Gasteiger partial charge < -0.3 is 14.8 Å². The molecule has 0 unspecified atom stereocenters. The second-order valence-corrected chi connectivity index (χ2v) is 5.23. The van der Waals surface area contributed by atoms with Gasteiger partial charge in [-0.1, -0.05) is 24.4 Å². The van der Waals surface area contributed by atoms with Crippen LogP contribution in [0.15, 0.2) is 16.9 Å². The van der Waals surface area contributed by atoms with Crippen LogP contribution in [0.25, 0.3) is 11.6 Å². The van der Waals surface area contributed by atoms with Gasteiger partial charge in [0, 0.05) is 24.0 Å². The van der Waals surface area contributed by atoms with Crippen molar-refractivity contribution in [2.45, 2.75) is 45.1 Å². The predicted molar refractivity (Wildman–Crippen MR) is 73.2 cm³/mol. The van der Waals surface area contributed by atoms with Crippen molar-refractivity contribution in [3.63, 3.8) is 0 Å². The van der Waals surface area contributed by atoms with E-state index >= 15 is 0 Å². The molecular formula is C14H18N4O2.